The lowest BCUT2D eigenvalue weighted by molar-refractivity contribution is 0.0435. The standard InChI is InChI=1S/C18H27NO4/c1-4-6-7-12-22-17(20)15-10-8-11-16(19-15)18(21)23-13-14(3)9-5-2/h8,10-11,14H,4-7,9,12-13H2,1-3H3. The zero-order valence-electron chi connectivity index (χ0n) is 14.3. The Kier molecular flexibility index (Phi) is 8.95. The number of rotatable bonds is 10. The number of pyridine rings is 1. The third-order valence-electron chi connectivity index (χ3n) is 3.43. The predicted octanol–water partition coefficient (Wildman–Crippen LogP) is 4.02. The molecule has 0 aliphatic carbocycles. The van der Waals surface area contributed by atoms with Crippen LogP contribution in [0.1, 0.15) is 73.9 Å². The highest BCUT2D eigenvalue weighted by Gasteiger charge is 2.15. The van der Waals surface area contributed by atoms with Crippen molar-refractivity contribution in [2.24, 2.45) is 5.92 Å². The van der Waals surface area contributed by atoms with Crippen LogP contribution >= 0.6 is 0 Å². The molecular formula is C18H27NO4. The Morgan fingerprint density at radius 3 is 2.30 bits per heavy atom. The SMILES string of the molecule is CCCCCOC(=O)c1cccc(C(=O)OCC(C)CCC)n1. The summed E-state index contributed by atoms with van der Waals surface area (Å²) in [6, 6.07) is 4.70. The van der Waals surface area contributed by atoms with Crippen molar-refractivity contribution in [3.8, 4) is 0 Å². The topological polar surface area (TPSA) is 65.5 Å². The molecule has 1 rings (SSSR count). The van der Waals surface area contributed by atoms with Crippen LogP contribution in [-0.2, 0) is 9.47 Å². The zero-order valence-corrected chi connectivity index (χ0v) is 14.3. The maximum absolute atomic E-state index is 12.0. The lowest BCUT2D eigenvalue weighted by Crippen LogP contribution is -2.15. The number of ether oxygens (including phenoxy) is 2. The van der Waals surface area contributed by atoms with Gasteiger partial charge in [-0.1, -0.05) is 46.1 Å². The molecule has 0 fully saturated rings. The molecule has 23 heavy (non-hydrogen) atoms. The molecule has 5 nitrogen and oxygen atoms in total. The summed E-state index contributed by atoms with van der Waals surface area (Å²) in [6.45, 7) is 6.95. The quantitative estimate of drug-likeness (QED) is 0.481. The fourth-order valence-electron chi connectivity index (χ4n) is 2.12. The van der Waals surface area contributed by atoms with E-state index in [1.165, 1.54) is 0 Å². The average Bonchev–Trinajstić information content (AvgIpc) is 2.56. The Bertz CT molecular complexity index is 502. The summed E-state index contributed by atoms with van der Waals surface area (Å²) in [5, 5.41) is 0. The first-order chi connectivity index (χ1) is 11.1. The summed E-state index contributed by atoms with van der Waals surface area (Å²) in [6.07, 6.45) is 4.97. The molecule has 0 aliphatic rings. The van der Waals surface area contributed by atoms with Crippen LogP contribution in [0.25, 0.3) is 0 Å². The molecule has 0 radical (unpaired) electrons. The summed E-state index contributed by atoms with van der Waals surface area (Å²) in [7, 11) is 0. The van der Waals surface area contributed by atoms with E-state index < -0.39 is 11.9 Å². The van der Waals surface area contributed by atoms with Crippen LogP contribution in [0.5, 0.6) is 0 Å². The normalized spacial score (nSPS) is 11.8. The Balaban J connectivity index is 2.54. The first-order valence-corrected chi connectivity index (χ1v) is 8.39. The van der Waals surface area contributed by atoms with Crippen LogP contribution in [0, 0.1) is 5.92 Å². The highest BCUT2D eigenvalue weighted by molar-refractivity contribution is 5.91. The van der Waals surface area contributed by atoms with Gasteiger partial charge in [0.15, 0.2) is 0 Å². The minimum Gasteiger partial charge on any atom is -0.461 e. The highest BCUT2D eigenvalue weighted by atomic mass is 16.5. The van der Waals surface area contributed by atoms with Gasteiger partial charge in [0.1, 0.15) is 11.4 Å². The van der Waals surface area contributed by atoms with Crippen molar-refractivity contribution in [3.63, 3.8) is 0 Å². The fraction of sp³-hybridized carbons (Fsp3) is 0.611. The van der Waals surface area contributed by atoms with Crippen molar-refractivity contribution in [1.29, 1.82) is 0 Å². The van der Waals surface area contributed by atoms with Crippen molar-refractivity contribution >= 4 is 11.9 Å². The van der Waals surface area contributed by atoms with Crippen molar-refractivity contribution in [2.75, 3.05) is 13.2 Å². The van der Waals surface area contributed by atoms with Gasteiger partial charge in [-0.15, -0.1) is 0 Å². The van der Waals surface area contributed by atoms with Crippen LogP contribution in [0.3, 0.4) is 0 Å². The molecule has 5 heteroatoms. The van der Waals surface area contributed by atoms with Gasteiger partial charge in [0.05, 0.1) is 13.2 Å². The number of hydrogen-bond acceptors (Lipinski definition) is 5. The van der Waals surface area contributed by atoms with E-state index in [0.717, 1.165) is 32.1 Å². The van der Waals surface area contributed by atoms with Gasteiger partial charge in [-0.05, 0) is 30.9 Å². The lowest BCUT2D eigenvalue weighted by atomic mass is 10.1. The van der Waals surface area contributed by atoms with Crippen molar-refractivity contribution in [3.05, 3.63) is 29.6 Å². The maximum Gasteiger partial charge on any atom is 0.356 e. The van der Waals surface area contributed by atoms with Crippen LogP contribution in [0.2, 0.25) is 0 Å². The highest BCUT2D eigenvalue weighted by Crippen LogP contribution is 2.08. The molecule has 0 aliphatic heterocycles. The van der Waals surface area contributed by atoms with Crippen molar-refractivity contribution in [2.45, 2.75) is 52.9 Å². The third-order valence-corrected chi connectivity index (χ3v) is 3.43. The lowest BCUT2D eigenvalue weighted by Gasteiger charge is -2.10. The van der Waals surface area contributed by atoms with Crippen molar-refractivity contribution < 1.29 is 19.1 Å². The van der Waals surface area contributed by atoms with Gasteiger partial charge in [0, 0.05) is 0 Å². The summed E-state index contributed by atoms with van der Waals surface area (Å²) < 4.78 is 10.4. The molecule has 1 aromatic rings. The Morgan fingerprint density at radius 1 is 1.04 bits per heavy atom. The molecule has 1 heterocycles. The number of hydrogen-bond donors (Lipinski definition) is 0. The van der Waals surface area contributed by atoms with Gasteiger partial charge in [-0.3, -0.25) is 0 Å². The van der Waals surface area contributed by atoms with Gasteiger partial charge in [-0.25, -0.2) is 14.6 Å². The van der Waals surface area contributed by atoms with Crippen LogP contribution in [0.4, 0.5) is 0 Å². The molecule has 0 aromatic carbocycles. The summed E-state index contributed by atoms with van der Waals surface area (Å²) in [5.74, 6) is -0.695. The second-order valence-electron chi connectivity index (χ2n) is 5.74. The fourth-order valence-corrected chi connectivity index (χ4v) is 2.12. The van der Waals surface area contributed by atoms with E-state index in [1.807, 2.05) is 6.92 Å². The smallest absolute Gasteiger partial charge is 0.356 e. The van der Waals surface area contributed by atoms with Crippen LogP contribution < -0.4 is 0 Å². The second-order valence-corrected chi connectivity index (χ2v) is 5.74. The average molecular weight is 321 g/mol. The maximum atomic E-state index is 12.0. The predicted molar refractivity (Wildman–Crippen MR) is 88.4 cm³/mol. The number of nitrogens with zero attached hydrogens (tertiary/aromatic N) is 1. The molecule has 128 valence electrons. The largest absolute Gasteiger partial charge is 0.461 e. The van der Waals surface area contributed by atoms with Crippen molar-refractivity contribution in [1.82, 2.24) is 4.98 Å². The third kappa shape index (κ3) is 7.26. The van der Waals surface area contributed by atoms with E-state index in [4.69, 9.17) is 9.47 Å². The minimum atomic E-state index is -0.506. The van der Waals surface area contributed by atoms with Gasteiger partial charge in [0.25, 0.3) is 0 Å². The second kappa shape index (κ2) is 10.8. The van der Waals surface area contributed by atoms with E-state index in [9.17, 15) is 9.59 Å². The van der Waals surface area contributed by atoms with E-state index in [-0.39, 0.29) is 11.4 Å². The molecule has 1 aromatic heterocycles. The molecule has 0 spiro atoms. The van der Waals surface area contributed by atoms with Crippen LogP contribution in [0.15, 0.2) is 18.2 Å². The number of carbonyl (C=O) groups excluding carboxylic acids is 2. The van der Waals surface area contributed by atoms with Crippen LogP contribution in [-0.4, -0.2) is 30.1 Å². The Labute approximate surface area is 138 Å². The number of aromatic nitrogens is 1. The monoisotopic (exact) mass is 321 g/mol. The van der Waals surface area contributed by atoms with E-state index >= 15 is 0 Å². The van der Waals surface area contributed by atoms with Gasteiger partial charge in [-0.2, -0.15) is 0 Å². The molecule has 0 N–H and O–H groups in total. The summed E-state index contributed by atoms with van der Waals surface area (Å²) in [4.78, 5) is 27.9. The summed E-state index contributed by atoms with van der Waals surface area (Å²) in [5.41, 5.74) is 0.272. The first-order valence-electron chi connectivity index (χ1n) is 8.39. The summed E-state index contributed by atoms with van der Waals surface area (Å²) >= 11 is 0. The zero-order chi connectivity index (χ0) is 17.1. The Hall–Kier alpha value is -1.91. The number of esters is 2. The van der Waals surface area contributed by atoms with Gasteiger partial charge >= 0.3 is 11.9 Å². The molecule has 1 unspecified atom stereocenters. The Morgan fingerprint density at radius 2 is 1.70 bits per heavy atom. The molecule has 0 saturated carbocycles. The molecule has 0 amide bonds. The number of carbonyl (C=O) groups is 2. The minimum absolute atomic E-state index is 0.136. The van der Waals surface area contributed by atoms with Gasteiger partial charge in [0.2, 0.25) is 0 Å². The molecule has 0 saturated heterocycles. The molecular weight excluding hydrogens is 294 g/mol. The van der Waals surface area contributed by atoms with E-state index in [2.05, 4.69) is 18.8 Å². The van der Waals surface area contributed by atoms with E-state index in [1.54, 1.807) is 18.2 Å². The number of unbranched alkanes of at least 4 members (excludes halogenated alkanes) is 2. The molecule has 1 atom stereocenters. The van der Waals surface area contributed by atoms with E-state index in [0.29, 0.717) is 19.1 Å². The molecule has 0 bridgehead atoms. The van der Waals surface area contributed by atoms with Gasteiger partial charge < -0.3 is 9.47 Å². The first kappa shape index (κ1) is 19.1.